The third kappa shape index (κ3) is 21.7. The lowest BCUT2D eigenvalue weighted by molar-refractivity contribution is -0.144. The van der Waals surface area contributed by atoms with Gasteiger partial charge in [0.25, 0.3) is 0 Å². The zero-order chi connectivity index (χ0) is 42.4. The van der Waals surface area contributed by atoms with Gasteiger partial charge in [-0.05, 0) is 38.5 Å². The number of carboxylic acids is 7. The van der Waals surface area contributed by atoms with Gasteiger partial charge in [0.1, 0.15) is 30.2 Å². The lowest BCUT2D eigenvalue weighted by atomic mass is 10.0. The maximum Gasteiger partial charge on any atom is 0.326 e. The van der Waals surface area contributed by atoms with Crippen LogP contribution in [0.3, 0.4) is 0 Å². The Labute approximate surface area is 310 Å². The van der Waals surface area contributed by atoms with E-state index in [0.717, 1.165) is 0 Å². The van der Waals surface area contributed by atoms with Gasteiger partial charge in [0, 0.05) is 38.5 Å². The average Bonchev–Trinajstić information content (AvgIpc) is 3.07. The molecule has 0 bridgehead atoms. The summed E-state index contributed by atoms with van der Waals surface area (Å²) < 4.78 is 0. The molecule has 0 aliphatic carbocycles. The van der Waals surface area contributed by atoms with Crippen LogP contribution >= 0.6 is 0 Å². The van der Waals surface area contributed by atoms with Crippen molar-refractivity contribution in [3.05, 3.63) is 0 Å². The van der Waals surface area contributed by atoms with Gasteiger partial charge >= 0.3 is 41.8 Å². The Balaban J connectivity index is 6.41. The average molecular weight is 793 g/mol. The SMILES string of the molecule is N[C@@H](CCC(=O)O)C(=O)N[C@@H](CCC(=O)O)C(=O)N[C@@H](CCC(=O)O)C(=O)N[C@@H](CCC(=O)O)C(=O)N[C@@H](CCC(=O)O)C(=O)N[C@@H](CCC(=O)O)C(=O)O. The Bertz CT molecular complexity index is 1470. The summed E-state index contributed by atoms with van der Waals surface area (Å²) >= 11 is 0. The molecule has 0 saturated heterocycles. The monoisotopic (exact) mass is 792 g/mol. The van der Waals surface area contributed by atoms with Gasteiger partial charge in [-0.1, -0.05) is 0 Å². The van der Waals surface area contributed by atoms with Gasteiger partial charge in [0.15, 0.2) is 0 Å². The third-order valence-corrected chi connectivity index (χ3v) is 7.39. The van der Waals surface area contributed by atoms with Crippen LogP contribution in [0.15, 0.2) is 0 Å². The van der Waals surface area contributed by atoms with E-state index < -0.39 is 178 Å². The Morgan fingerprint density at radius 1 is 0.327 bits per heavy atom. The Morgan fingerprint density at radius 2 is 0.527 bits per heavy atom. The second-order valence-electron chi connectivity index (χ2n) is 11.8. The van der Waals surface area contributed by atoms with Gasteiger partial charge in [-0.2, -0.15) is 0 Å². The molecule has 0 aliphatic heterocycles. The molecular formula is C30H44N6O19. The highest BCUT2D eigenvalue weighted by molar-refractivity contribution is 5.97. The van der Waals surface area contributed by atoms with E-state index in [2.05, 4.69) is 21.3 Å². The van der Waals surface area contributed by atoms with Crippen LogP contribution in [0.1, 0.15) is 77.0 Å². The minimum absolute atomic E-state index is 0.387. The first kappa shape index (κ1) is 48.6. The zero-order valence-electron chi connectivity index (χ0n) is 29.1. The zero-order valence-corrected chi connectivity index (χ0v) is 29.1. The first-order valence-electron chi connectivity index (χ1n) is 16.3. The molecule has 0 fully saturated rings. The second-order valence-corrected chi connectivity index (χ2v) is 11.8. The molecule has 25 heteroatoms. The fraction of sp³-hybridized carbons (Fsp3) is 0.600. The van der Waals surface area contributed by atoms with Gasteiger partial charge in [-0.25, -0.2) is 4.79 Å². The number of carboxylic acid groups (broad SMARTS) is 7. The number of carbonyl (C=O) groups excluding carboxylic acids is 5. The third-order valence-electron chi connectivity index (χ3n) is 7.39. The molecule has 308 valence electrons. The first-order chi connectivity index (χ1) is 25.5. The van der Waals surface area contributed by atoms with E-state index in [1.54, 1.807) is 0 Å². The van der Waals surface area contributed by atoms with Crippen LogP contribution in [0.4, 0.5) is 0 Å². The van der Waals surface area contributed by atoms with Crippen LogP contribution in [0.2, 0.25) is 0 Å². The van der Waals surface area contributed by atoms with Gasteiger partial charge in [0.2, 0.25) is 29.5 Å². The minimum atomic E-state index is -1.90. The molecule has 0 aromatic carbocycles. The summed E-state index contributed by atoms with van der Waals surface area (Å²) in [5, 5.41) is 74.1. The number of aliphatic carboxylic acids is 7. The van der Waals surface area contributed by atoms with Crippen molar-refractivity contribution in [3.63, 3.8) is 0 Å². The highest BCUT2D eigenvalue weighted by atomic mass is 16.4. The molecule has 0 radical (unpaired) electrons. The van der Waals surface area contributed by atoms with Gasteiger partial charge in [0.05, 0.1) is 6.04 Å². The van der Waals surface area contributed by atoms with E-state index in [-0.39, 0.29) is 6.42 Å². The molecule has 0 rings (SSSR count). The predicted molar refractivity (Wildman–Crippen MR) is 176 cm³/mol. The topological polar surface area (TPSA) is 433 Å². The fourth-order valence-electron chi connectivity index (χ4n) is 4.45. The van der Waals surface area contributed by atoms with Crippen molar-refractivity contribution in [1.82, 2.24) is 26.6 Å². The van der Waals surface area contributed by atoms with Gasteiger partial charge in [-0.15, -0.1) is 0 Å². The number of rotatable bonds is 29. The van der Waals surface area contributed by atoms with Crippen LogP contribution in [0.5, 0.6) is 0 Å². The van der Waals surface area contributed by atoms with Crippen molar-refractivity contribution in [2.45, 2.75) is 113 Å². The van der Waals surface area contributed by atoms with Crippen LogP contribution in [0, 0.1) is 0 Å². The molecule has 0 aromatic rings. The van der Waals surface area contributed by atoms with Crippen molar-refractivity contribution in [3.8, 4) is 0 Å². The number of hydrogen-bond donors (Lipinski definition) is 13. The highest BCUT2D eigenvalue weighted by Crippen LogP contribution is 2.09. The molecule has 0 unspecified atom stereocenters. The fourth-order valence-corrected chi connectivity index (χ4v) is 4.45. The summed E-state index contributed by atoms with van der Waals surface area (Å²) in [4.78, 5) is 144. The summed E-state index contributed by atoms with van der Waals surface area (Å²) in [5.41, 5.74) is 5.65. The maximum atomic E-state index is 13.4. The first-order valence-corrected chi connectivity index (χ1v) is 16.3. The van der Waals surface area contributed by atoms with Crippen LogP contribution in [-0.4, -0.2) is 143 Å². The summed E-state index contributed by atoms with van der Waals surface area (Å²) in [7, 11) is 0. The molecule has 0 spiro atoms. The Hall–Kier alpha value is -6.40. The number of hydrogen-bond acceptors (Lipinski definition) is 13. The van der Waals surface area contributed by atoms with Crippen LogP contribution in [0.25, 0.3) is 0 Å². The van der Waals surface area contributed by atoms with E-state index in [4.69, 9.17) is 26.2 Å². The predicted octanol–water partition coefficient (Wildman–Crippen LogP) is -3.99. The molecule has 0 aliphatic rings. The van der Waals surface area contributed by atoms with Crippen LogP contribution in [-0.2, 0) is 57.5 Å². The summed E-state index contributed by atoms with van der Waals surface area (Å²) in [6.07, 6.45) is -8.10. The highest BCUT2D eigenvalue weighted by Gasteiger charge is 2.34. The molecular weight excluding hydrogens is 748 g/mol. The Morgan fingerprint density at radius 3 is 0.764 bits per heavy atom. The summed E-state index contributed by atoms with van der Waals surface area (Å²) in [6.45, 7) is 0. The standard InChI is InChI=1S/C30H44N6O19/c31-13(1-7-19(37)38)25(49)32-14(2-8-20(39)40)26(50)33-15(3-9-21(41)42)27(51)34-16(4-10-22(43)44)28(52)35-17(5-11-23(45)46)29(53)36-18(30(54)55)6-12-24(47)48/h13-18H,1-12,31H2,(H,32,49)(H,33,50)(H,34,51)(H,35,52)(H,36,53)(H,37,38)(H,39,40)(H,41,42)(H,43,44)(H,45,46)(H,47,48)(H,54,55)/t13-,14-,15-,16-,17-,18-/m0/s1. The smallest absolute Gasteiger partial charge is 0.326 e. The lowest BCUT2D eigenvalue weighted by Crippen LogP contribution is -2.59. The van der Waals surface area contributed by atoms with Gasteiger partial charge in [-0.3, -0.25) is 52.7 Å². The van der Waals surface area contributed by atoms with E-state index >= 15 is 0 Å². The summed E-state index contributed by atoms with van der Waals surface area (Å²) in [6, 6.07) is -10.6. The molecule has 0 aromatic heterocycles. The Kier molecular flexibility index (Phi) is 21.9. The number of amides is 5. The van der Waals surface area contributed by atoms with Crippen molar-refractivity contribution in [2.24, 2.45) is 5.73 Å². The molecule has 25 nitrogen and oxygen atoms in total. The molecule has 55 heavy (non-hydrogen) atoms. The van der Waals surface area contributed by atoms with Crippen molar-refractivity contribution in [1.29, 1.82) is 0 Å². The number of nitrogens with one attached hydrogen (secondary N) is 5. The van der Waals surface area contributed by atoms with Crippen molar-refractivity contribution in [2.75, 3.05) is 0 Å². The molecule has 14 N–H and O–H groups in total. The van der Waals surface area contributed by atoms with Crippen molar-refractivity contribution < 1.29 is 93.3 Å². The molecule has 0 saturated carbocycles. The van der Waals surface area contributed by atoms with Crippen molar-refractivity contribution >= 4 is 71.3 Å². The summed E-state index contributed by atoms with van der Waals surface area (Å²) in [5.74, 6) is -16.6. The molecule has 0 heterocycles. The quantitative estimate of drug-likeness (QED) is 0.0343. The number of nitrogens with two attached hydrogens (primary N) is 1. The van der Waals surface area contributed by atoms with Gasteiger partial charge < -0.3 is 68.1 Å². The lowest BCUT2D eigenvalue weighted by Gasteiger charge is -2.27. The van der Waals surface area contributed by atoms with E-state index in [0.29, 0.717) is 0 Å². The van der Waals surface area contributed by atoms with E-state index in [1.165, 1.54) is 0 Å². The van der Waals surface area contributed by atoms with E-state index in [9.17, 15) is 72.9 Å². The second kappa shape index (κ2) is 24.8. The minimum Gasteiger partial charge on any atom is -0.481 e. The molecule has 6 atom stereocenters. The van der Waals surface area contributed by atoms with Crippen LogP contribution < -0.4 is 32.3 Å². The normalized spacial score (nSPS) is 13.9. The molecule has 5 amide bonds. The number of carbonyl (C=O) groups is 12. The largest absolute Gasteiger partial charge is 0.481 e. The van der Waals surface area contributed by atoms with E-state index in [1.807, 2.05) is 5.32 Å². The maximum absolute atomic E-state index is 13.4.